The van der Waals surface area contributed by atoms with Crippen LogP contribution in [0.15, 0.2) is 42.5 Å². The van der Waals surface area contributed by atoms with E-state index in [4.69, 9.17) is 4.74 Å². The maximum absolute atomic E-state index is 15.4. The van der Waals surface area contributed by atoms with Gasteiger partial charge in [0.15, 0.2) is 0 Å². The second kappa shape index (κ2) is 9.01. The second-order valence-corrected chi connectivity index (χ2v) is 9.13. The summed E-state index contributed by atoms with van der Waals surface area (Å²) >= 11 is -1.78. The van der Waals surface area contributed by atoms with Crippen LogP contribution in [0.4, 0.5) is 17.6 Å². The van der Waals surface area contributed by atoms with Gasteiger partial charge in [0.2, 0.25) is 0 Å². The molecule has 2 aliphatic rings. The molecule has 0 saturated carbocycles. The summed E-state index contributed by atoms with van der Waals surface area (Å²) < 4.78 is 77.9. The van der Waals surface area contributed by atoms with Gasteiger partial charge < -0.3 is 14.2 Å². The van der Waals surface area contributed by atoms with Crippen molar-refractivity contribution in [2.24, 2.45) is 0 Å². The number of halogens is 4. The number of rotatable bonds is 6. The predicted molar refractivity (Wildman–Crippen MR) is 111 cm³/mol. The number of carbonyl (C=O) groups excluding carboxylic acids is 1. The monoisotopic (exact) mass is 470 g/mol. The highest BCUT2D eigenvalue weighted by molar-refractivity contribution is 7.88. The number of hydrogen-bond acceptors (Lipinski definition) is 4. The molecule has 2 aromatic carbocycles. The molecular formula is C22H22F4N2O3S. The molecule has 1 unspecified atom stereocenters. The largest absolute Gasteiger partial charge is 0.598 e. The summed E-state index contributed by atoms with van der Waals surface area (Å²) in [6.45, 7) is -0.507. The first kappa shape index (κ1) is 23.0. The average molecular weight is 470 g/mol. The summed E-state index contributed by atoms with van der Waals surface area (Å²) in [6, 6.07) is 7.09. The van der Waals surface area contributed by atoms with E-state index in [2.05, 4.69) is 4.72 Å². The van der Waals surface area contributed by atoms with Gasteiger partial charge in [0.05, 0.1) is 19.2 Å². The van der Waals surface area contributed by atoms with Crippen molar-refractivity contribution in [3.8, 4) is 11.1 Å². The molecule has 2 fully saturated rings. The van der Waals surface area contributed by atoms with E-state index < -0.39 is 59.6 Å². The Morgan fingerprint density at radius 3 is 2.62 bits per heavy atom. The Bertz CT molecular complexity index is 1000. The highest BCUT2D eigenvalue weighted by Gasteiger charge is 2.58. The number of nitrogens with zero attached hydrogens (tertiary/aromatic N) is 1. The summed E-state index contributed by atoms with van der Waals surface area (Å²) in [5.41, 5.74) is 0.521. The van der Waals surface area contributed by atoms with Crippen molar-refractivity contribution in [3.05, 3.63) is 59.7 Å². The van der Waals surface area contributed by atoms with E-state index in [0.717, 1.165) is 4.90 Å². The molecule has 10 heteroatoms. The van der Waals surface area contributed by atoms with E-state index in [1.54, 1.807) is 12.1 Å². The molecule has 4 atom stereocenters. The normalized spacial score (nSPS) is 25.4. The lowest BCUT2D eigenvalue weighted by Gasteiger charge is -2.33. The van der Waals surface area contributed by atoms with E-state index in [1.807, 2.05) is 0 Å². The van der Waals surface area contributed by atoms with Crippen molar-refractivity contribution in [1.82, 2.24) is 9.62 Å². The standard InChI is InChI=1S/C22H22F4N2O3S/c1-32(30)27-20-17(28(12-22(20,25)26)21(29)18-8-9-31-18)11-14-5-3-7-16(19(14)24)13-4-2-6-15(23)10-13/h2-7,10,17-18,20,27H,8-9,11-12H2,1H3/t17-,18+,20+,32?/m0/s1. The first-order valence-corrected chi connectivity index (χ1v) is 11.7. The minimum atomic E-state index is -3.37. The lowest BCUT2D eigenvalue weighted by molar-refractivity contribution is -0.158. The molecule has 1 N–H and O–H groups in total. The molecule has 0 bridgehead atoms. The van der Waals surface area contributed by atoms with Crippen molar-refractivity contribution in [2.75, 3.05) is 19.4 Å². The Balaban J connectivity index is 1.69. The second-order valence-electron chi connectivity index (χ2n) is 7.99. The highest BCUT2D eigenvalue weighted by Crippen LogP contribution is 2.37. The zero-order chi connectivity index (χ0) is 23.0. The van der Waals surface area contributed by atoms with Gasteiger partial charge in [0.25, 0.3) is 11.8 Å². The summed E-state index contributed by atoms with van der Waals surface area (Å²) in [4.78, 5) is 13.8. The van der Waals surface area contributed by atoms with Crippen LogP contribution in [-0.2, 0) is 27.3 Å². The van der Waals surface area contributed by atoms with Crippen LogP contribution in [0.2, 0.25) is 0 Å². The number of nitrogens with one attached hydrogen (secondary N) is 1. The Kier molecular flexibility index (Phi) is 6.49. The lowest BCUT2D eigenvalue weighted by Crippen LogP contribution is -2.54. The van der Waals surface area contributed by atoms with Crippen LogP contribution < -0.4 is 4.72 Å². The van der Waals surface area contributed by atoms with Crippen LogP contribution >= 0.6 is 0 Å². The molecule has 2 aliphatic heterocycles. The third-order valence-corrected chi connectivity index (χ3v) is 6.40. The molecule has 0 aliphatic carbocycles. The van der Waals surface area contributed by atoms with E-state index >= 15 is 4.39 Å². The van der Waals surface area contributed by atoms with E-state index in [-0.39, 0.29) is 17.5 Å². The minimum Gasteiger partial charge on any atom is -0.598 e. The van der Waals surface area contributed by atoms with E-state index in [1.165, 1.54) is 36.6 Å². The topological polar surface area (TPSA) is 64.6 Å². The van der Waals surface area contributed by atoms with Crippen LogP contribution in [0, 0.1) is 11.6 Å². The number of ether oxygens (including phenoxy) is 1. The van der Waals surface area contributed by atoms with E-state index in [0.29, 0.717) is 18.6 Å². The van der Waals surface area contributed by atoms with Gasteiger partial charge in [0.1, 0.15) is 30.0 Å². The first-order chi connectivity index (χ1) is 15.2. The molecule has 2 heterocycles. The molecule has 4 rings (SSSR count). The zero-order valence-electron chi connectivity index (χ0n) is 17.2. The Labute approximate surface area is 186 Å². The maximum atomic E-state index is 15.4. The third kappa shape index (κ3) is 4.50. The van der Waals surface area contributed by atoms with Crippen LogP contribution in [0.25, 0.3) is 11.1 Å². The fourth-order valence-corrected chi connectivity index (χ4v) is 4.86. The fourth-order valence-electron chi connectivity index (χ4n) is 4.17. The van der Waals surface area contributed by atoms with Crippen molar-refractivity contribution in [2.45, 2.75) is 37.0 Å². The van der Waals surface area contributed by atoms with Crippen molar-refractivity contribution in [3.63, 3.8) is 0 Å². The van der Waals surface area contributed by atoms with Gasteiger partial charge in [-0.1, -0.05) is 30.3 Å². The van der Waals surface area contributed by atoms with Crippen molar-refractivity contribution < 1.29 is 31.6 Å². The number of hydrogen-bond donors (Lipinski definition) is 1. The van der Waals surface area contributed by atoms with Crippen LogP contribution in [0.5, 0.6) is 0 Å². The zero-order valence-corrected chi connectivity index (χ0v) is 18.0. The summed E-state index contributed by atoms with van der Waals surface area (Å²) in [6.07, 6.45) is 0.604. The van der Waals surface area contributed by atoms with Crippen molar-refractivity contribution >= 4 is 17.3 Å². The molecule has 32 heavy (non-hydrogen) atoms. The van der Waals surface area contributed by atoms with Crippen LogP contribution in [0.3, 0.4) is 0 Å². The Morgan fingerprint density at radius 1 is 1.28 bits per heavy atom. The van der Waals surface area contributed by atoms with Gasteiger partial charge in [-0.2, -0.15) is 0 Å². The predicted octanol–water partition coefficient (Wildman–Crippen LogP) is 3.06. The Hall–Kier alpha value is -2.14. The van der Waals surface area contributed by atoms with Gasteiger partial charge in [-0.3, -0.25) is 4.79 Å². The minimum absolute atomic E-state index is 0.0930. The quantitative estimate of drug-likeness (QED) is 0.521. The summed E-state index contributed by atoms with van der Waals surface area (Å²) in [5, 5.41) is 0. The number of likely N-dealkylation sites (tertiary alicyclic amines) is 1. The van der Waals surface area contributed by atoms with Gasteiger partial charge in [-0.25, -0.2) is 17.6 Å². The summed E-state index contributed by atoms with van der Waals surface area (Å²) in [5.74, 6) is -5.17. The number of amides is 1. The summed E-state index contributed by atoms with van der Waals surface area (Å²) in [7, 11) is 0. The molecule has 1 amide bonds. The SMILES string of the molecule is C[S+]([O-])N[C@@H]1[C@H](Cc2cccc(-c3cccc(F)c3)c2F)N(C(=O)[C@H]2CCO2)CC1(F)F. The van der Waals surface area contributed by atoms with Gasteiger partial charge in [0, 0.05) is 23.3 Å². The molecule has 0 spiro atoms. The van der Waals surface area contributed by atoms with Gasteiger partial charge in [-0.15, -0.1) is 4.72 Å². The fraction of sp³-hybridized carbons (Fsp3) is 0.409. The molecule has 2 aromatic rings. The number of benzene rings is 2. The highest BCUT2D eigenvalue weighted by atomic mass is 32.2. The van der Waals surface area contributed by atoms with Gasteiger partial charge in [-0.05, 0) is 29.7 Å². The van der Waals surface area contributed by atoms with Crippen LogP contribution in [-0.4, -0.2) is 58.9 Å². The molecule has 0 aromatic heterocycles. The van der Waals surface area contributed by atoms with Gasteiger partial charge >= 0.3 is 0 Å². The maximum Gasteiger partial charge on any atom is 0.286 e. The number of alkyl halides is 2. The van der Waals surface area contributed by atoms with E-state index in [9.17, 15) is 22.5 Å². The smallest absolute Gasteiger partial charge is 0.286 e. The molecule has 2 saturated heterocycles. The third-order valence-electron chi connectivity index (χ3n) is 5.82. The van der Waals surface area contributed by atoms with Crippen LogP contribution in [0.1, 0.15) is 12.0 Å². The average Bonchev–Trinajstić information content (AvgIpc) is 2.92. The lowest BCUT2D eigenvalue weighted by atomic mass is 9.95. The molecule has 172 valence electrons. The molecular weight excluding hydrogens is 448 g/mol. The molecule has 5 nitrogen and oxygen atoms in total. The Morgan fingerprint density at radius 2 is 2.00 bits per heavy atom. The molecule has 0 radical (unpaired) electrons. The first-order valence-electron chi connectivity index (χ1n) is 10.1. The number of carbonyl (C=O) groups is 1. The van der Waals surface area contributed by atoms with Crippen molar-refractivity contribution in [1.29, 1.82) is 0 Å².